The molecule has 4 rings (SSSR count). The van der Waals surface area contributed by atoms with E-state index < -0.39 is 0 Å². The van der Waals surface area contributed by atoms with E-state index in [1.165, 1.54) is 19.2 Å². The number of benzene rings is 1. The van der Waals surface area contributed by atoms with Crippen molar-refractivity contribution in [2.75, 3.05) is 5.73 Å². The Bertz CT molecular complexity index is 1100. The number of hydrogen-bond acceptors (Lipinski definition) is 4. The maximum absolute atomic E-state index is 12.4. The molecule has 2 aromatic heterocycles. The van der Waals surface area contributed by atoms with Gasteiger partial charge in [0.25, 0.3) is 0 Å². The molecule has 0 aliphatic heterocycles. The van der Waals surface area contributed by atoms with Gasteiger partial charge >= 0.3 is 0 Å². The molecule has 0 amide bonds. The number of carbonyl (C=O) groups is 1. The van der Waals surface area contributed by atoms with Gasteiger partial charge in [-0.3, -0.25) is 4.79 Å². The van der Waals surface area contributed by atoms with E-state index in [1.54, 1.807) is 0 Å². The highest BCUT2D eigenvalue weighted by molar-refractivity contribution is 5.96. The van der Waals surface area contributed by atoms with Crippen molar-refractivity contribution >= 4 is 22.6 Å². The molecule has 0 radical (unpaired) electrons. The summed E-state index contributed by atoms with van der Waals surface area (Å²) in [6.45, 7) is 5.15. The topological polar surface area (TPSA) is 73.8 Å². The molecule has 1 fully saturated rings. The van der Waals surface area contributed by atoms with Crippen molar-refractivity contribution in [3.63, 3.8) is 0 Å². The number of aromatic nitrogens is 3. The van der Waals surface area contributed by atoms with Crippen molar-refractivity contribution in [2.45, 2.75) is 39.7 Å². The summed E-state index contributed by atoms with van der Waals surface area (Å²) in [5.74, 6) is 8.10. The molecular weight excluding hydrogens is 348 g/mol. The molecule has 3 aromatic rings. The van der Waals surface area contributed by atoms with E-state index in [2.05, 4.69) is 40.2 Å². The molecule has 1 saturated carbocycles. The predicted octanol–water partition coefficient (Wildman–Crippen LogP) is 4.05. The molecule has 0 atom stereocenters. The first kappa shape index (κ1) is 18.2. The summed E-state index contributed by atoms with van der Waals surface area (Å²) >= 11 is 0. The van der Waals surface area contributed by atoms with Crippen LogP contribution in [0.15, 0.2) is 36.8 Å². The molecule has 1 aromatic carbocycles. The third-order valence-electron chi connectivity index (χ3n) is 4.94. The van der Waals surface area contributed by atoms with Crippen LogP contribution in [0.5, 0.6) is 0 Å². The minimum Gasteiger partial charge on any atom is -0.383 e. The van der Waals surface area contributed by atoms with E-state index in [1.807, 2.05) is 30.5 Å². The zero-order valence-electron chi connectivity index (χ0n) is 16.3. The van der Waals surface area contributed by atoms with Crippen LogP contribution in [0.3, 0.4) is 0 Å². The normalized spacial score (nSPS) is 13.5. The van der Waals surface area contributed by atoms with Crippen molar-refractivity contribution < 1.29 is 4.79 Å². The molecule has 5 nitrogen and oxygen atoms in total. The summed E-state index contributed by atoms with van der Waals surface area (Å²) in [5.41, 5.74) is 9.28. The molecule has 142 valence electrons. The Morgan fingerprint density at radius 2 is 2.11 bits per heavy atom. The molecule has 1 aliphatic carbocycles. The first-order chi connectivity index (χ1) is 13.5. The monoisotopic (exact) mass is 372 g/mol. The van der Waals surface area contributed by atoms with E-state index in [0.717, 1.165) is 34.3 Å². The minimum absolute atomic E-state index is 0.206. The van der Waals surface area contributed by atoms with E-state index >= 15 is 0 Å². The SMILES string of the molecule is CC(C)Cn1cc(C#Cc2cccc(C(=O)CC3CC3)c2)c2c(N)ncnc21. The fourth-order valence-electron chi connectivity index (χ4n) is 3.39. The molecule has 2 heterocycles. The Kier molecular flexibility index (Phi) is 4.87. The maximum atomic E-state index is 12.4. The Morgan fingerprint density at radius 1 is 1.29 bits per heavy atom. The molecule has 1 aliphatic rings. The lowest BCUT2D eigenvalue weighted by molar-refractivity contribution is 0.0976. The molecule has 0 unspecified atom stereocenters. The fourth-order valence-corrected chi connectivity index (χ4v) is 3.39. The van der Waals surface area contributed by atoms with Crippen molar-refractivity contribution in [3.8, 4) is 11.8 Å². The highest BCUT2D eigenvalue weighted by Gasteiger charge is 2.24. The lowest BCUT2D eigenvalue weighted by atomic mass is 10.0. The van der Waals surface area contributed by atoms with Crippen molar-refractivity contribution in [3.05, 3.63) is 53.5 Å². The van der Waals surface area contributed by atoms with Gasteiger partial charge in [0.2, 0.25) is 0 Å². The summed E-state index contributed by atoms with van der Waals surface area (Å²) in [4.78, 5) is 20.9. The van der Waals surface area contributed by atoms with Gasteiger partial charge in [0.15, 0.2) is 5.78 Å². The van der Waals surface area contributed by atoms with Gasteiger partial charge in [-0.25, -0.2) is 9.97 Å². The Balaban J connectivity index is 1.68. The predicted molar refractivity (Wildman–Crippen MR) is 111 cm³/mol. The third kappa shape index (κ3) is 3.91. The Labute approximate surface area is 165 Å². The van der Waals surface area contributed by atoms with Crippen LogP contribution in [-0.4, -0.2) is 20.3 Å². The average Bonchev–Trinajstić information content (AvgIpc) is 3.41. The van der Waals surface area contributed by atoms with Crippen molar-refractivity contribution in [1.29, 1.82) is 0 Å². The van der Waals surface area contributed by atoms with Crippen LogP contribution in [-0.2, 0) is 6.54 Å². The number of hydrogen-bond donors (Lipinski definition) is 1. The summed E-state index contributed by atoms with van der Waals surface area (Å²) in [6.07, 6.45) is 6.48. The van der Waals surface area contributed by atoms with Crippen LogP contribution in [0.1, 0.15) is 54.6 Å². The largest absolute Gasteiger partial charge is 0.383 e. The number of fused-ring (bicyclic) bond motifs is 1. The second-order valence-electron chi connectivity index (χ2n) is 7.95. The summed E-state index contributed by atoms with van der Waals surface area (Å²) < 4.78 is 2.08. The van der Waals surface area contributed by atoms with Gasteiger partial charge < -0.3 is 10.3 Å². The second kappa shape index (κ2) is 7.47. The van der Waals surface area contributed by atoms with Crippen LogP contribution in [0.4, 0.5) is 5.82 Å². The van der Waals surface area contributed by atoms with Crippen LogP contribution in [0.25, 0.3) is 11.0 Å². The van der Waals surface area contributed by atoms with Gasteiger partial charge in [0.05, 0.1) is 10.9 Å². The van der Waals surface area contributed by atoms with Crippen LogP contribution < -0.4 is 5.73 Å². The Hall–Kier alpha value is -3.13. The highest BCUT2D eigenvalue weighted by Crippen LogP contribution is 2.33. The number of anilines is 1. The van der Waals surface area contributed by atoms with Gasteiger partial charge in [-0.2, -0.15) is 0 Å². The number of nitrogens with two attached hydrogens (primary N) is 1. The van der Waals surface area contributed by atoms with E-state index in [-0.39, 0.29) is 5.78 Å². The molecular formula is C23H24N4O. The number of carbonyl (C=O) groups excluding carboxylic acids is 1. The summed E-state index contributed by atoms with van der Waals surface area (Å²) in [5, 5.41) is 0.789. The lowest BCUT2D eigenvalue weighted by Gasteiger charge is -2.06. The van der Waals surface area contributed by atoms with Gasteiger partial charge in [-0.1, -0.05) is 37.8 Å². The zero-order valence-corrected chi connectivity index (χ0v) is 16.3. The highest BCUT2D eigenvalue weighted by atomic mass is 16.1. The molecule has 0 spiro atoms. The molecule has 0 saturated heterocycles. The van der Waals surface area contributed by atoms with E-state index in [4.69, 9.17) is 5.73 Å². The molecule has 5 heteroatoms. The first-order valence-electron chi connectivity index (χ1n) is 9.76. The quantitative estimate of drug-likeness (QED) is 0.542. The Morgan fingerprint density at radius 3 is 2.86 bits per heavy atom. The average molecular weight is 372 g/mol. The summed E-state index contributed by atoms with van der Waals surface area (Å²) in [7, 11) is 0. The number of ketones is 1. The van der Waals surface area contributed by atoms with Gasteiger partial charge in [0, 0.05) is 30.3 Å². The van der Waals surface area contributed by atoms with E-state index in [9.17, 15) is 4.79 Å². The fraction of sp³-hybridized carbons (Fsp3) is 0.348. The number of nitrogens with zero attached hydrogens (tertiary/aromatic N) is 3. The van der Waals surface area contributed by atoms with Crippen LogP contribution in [0.2, 0.25) is 0 Å². The molecule has 2 N–H and O–H groups in total. The second-order valence-corrected chi connectivity index (χ2v) is 7.95. The minimum atomic E-state index is 0.206. The smallest absolute Gasteiger partial charge is 0.163 e. The molecule has 28 heavy (non-hydrogen) atoms. The standard InChI is InChI=1S/C23H24N4O/c1-15(2)12-27-13-19(21-22(24)25-14-26-23(21)27)9-8-16-4-3-5-18(10-16)20(28)11-17-6-7-17/h3-5,10,13-15,17H,6-7,11-12H2,1-2H3,(H2,24,25,26). The van der Waals surface area contributed by atoms with Gasteiger partial charge in [-0.05, 0) is 36.8 Å². The van der Waals surface area contributed by atoms with Crippen LogP contribution >= 0.6 is 0 Å². The maximum Gasteiger partial charge on any atom is 0.163 e. The number of rotatable bonds is 5. The number of Topliss-reactive ketones (excluding diaryl/α,β-unsaturated/α-hetero) is 1. The van der Waals surface area contributed by atoms with Crippen LogP contribution in [0, 0.1) is 23.7 Å². The summed E-state index contributed by atoms with van der Waals surface area (Å²) in [6, 6.07) is 7.57. The first-order valence-corrected chi connectivity index (χ1v) is 9.76. The van der Waals surface area contributed by atoms with Crippen molar-refractivity contribution in [2.24, 2.45) is 11.8 Å². The zero-order chi connectivity index (χ0) is 19.7. The number of nitrogen functional groups attached to an aromatic ring is 1. The van der Waals surface area contributed by atoms with Gasteiger partial charge in [-0.15, -0.1) is 0 Å². The third-order valence-corrected chi connectivity index (χ3v) is 4.94. The lowest BCUT2D eigenvalue weighted by Crippen LogP contribution is -2.04. The van der Waals surface area contributed by atoms with Crippen molar-refractivity contribution in [1.82, 2.24) is 14.5 Å². The van der Waals surface area contributed by atoms with Gasteiger partial charge in [0.1, 0.15) is 17.8 Å². The van der Waals surface area contributed by atoms with E-state index in [0.29, 0.717) is 24.1 Å². The molecule has 0 bridgehead atoms.